The minimum Gasteiger partial charge on any atom is -0.333 e. The van der Waals surface area contributed by atoms with Gasteiger partial charge in [-0.05, 0) is 54.7 Å². The Kier molecular flexibility index (Phi) is 6.81. The van der Waals surface area contributed by atoms with Crippen molar-refractivity contribution in [3.05, 3.63) is 92.4 Å². The van der Waals surface area contributed by atoms with Crippen LogP contribution in [-0.2, 0) is 4.79 Å². The molecule has 0 saturated carbocycles. The lowest BCUT2D eigenvalue weighted by molar-refractivity contribution is -0.119. The minimum atomic E-state index is -0.968. The molecule has 0 aromatic heterocycles. The first kappa shape index (κ1) is 22.7. The van der Waals surface area contributed by atoms with E-state index in [0.29, 0.717) is 32.6 Å². The highest BCUT2D eigenvalue weighted by Crippen LogP contribution is 2.31. The predicted molar refractivity (Wildman–Crippen MR) is 139 cm³/mol. The number of halogens is 3. The molecule has 2 N–H and O–H groups in total. The summed E-state index contributed by atoms with van der Waals surface area (Å²) in [4.78, 5) is 19.6. The summed E-state index contributed by atoms with van der Waals surface area (Å²) in [5.41, 5.74) is 3.40. The number of hydrogen-bond donors (Lipinski definition) is 2. The van der Waals surface area contributed by atoms with Gasteiger partial charge in [-0.3, -0.25) is 4.79 Å². The Bertz CT molecular complexity index is 1250. The van der Waals surface area contributed by atoms with Gasteiger partial charge in [-0.1, -0.05) is 63.4 Å². The molecule has 9 heteroatoms. The first-order valence-corrected chi connectivity index (χ1v) is 11.5. The summed E-state index contributed by atoms with van der Waals surface area (Å²) in [6.07, 6.45) is -0.968. The normalized spacial score (nSPS) is 15.5. The van der Waals surface area contributed by atoms with Gasteiger partial charge in [-0.2, -0.15) is 0 Å². The molecule has 4 rings (SSSR count). The van der Waals surface area contributed by atoms with E-state index >= 15 is 0 Å². The zero-order chi connectivity index (χ0) is 22.8. The van der Waals surface area contributed by atoms with Gasteiger partial charge in [-0.15, -0.1) is 0 Å². The molecule has 3 aromatic carbocycles. The molecule has 0 bridgehead atoms. The summed E-state index contributed by atoms with van der Waals surface area (Å²) in [6.45, 7) is 0. The van der Waals surface area contributed by atoms with E-state index in [4.69, 9.17) is 40.4 Å². The molecule has 162 valence electrons. The SMILES string of the molecule is CN1C(=O)C(NC(=S)Nc2cccc(Br)c2)N=C(c2ccccc2Cl)c2cc(Cl)ccc21. The number of thiocarbonyl (C=S) groups is 1. The van der Waals surface area contributed by atoms with E-state index in [2.05, 4.69) is 26.6 Å². The van der Waals surface area contributed by atoms with Crippen LogP contribution in [0.15, 0.2) is 76.2 Å². The van der Waals surface area contributed by atoms with Gasteiger partial charge in [0.2, 0.25) is 6.17 Å². The van der Waals surface area contributed by atoms with Crippen molar-refractivity contribution >= 4 is 79.5 Å². The third-order valence-corrected chi connectivity index (χ3v) is 6.15. The molecule has 1 atom stereocenters. The number of rotatable bonds is 3. The Balaban J connectivity index is 1.75. The summed E-state index contributed by atoms with van der Waals surface area (Å²) in [6, 6.07) is 20.2. The van der Waals surface area contributed by atoms with E-state index in [0.717, 1.165) is 10.2 Å². The number of carbonyl (C=O) groups excluding carboxylic acids is 1. The number of likely N-dealkylation sites (N-methyl/N-ethyl adjacent to an activating group) is 1. The quantitative estimate of drug-likeness (QED) is 0.402. The van der Waals surface area contributed by atoms with Crippen molar-refractivity contribution in [2.24, 2.45) is 4.99 Å². The van der Waals surface area contributed by atoms with Gasteiger partial charge in [0.05, 0.1) is 11.4 Å². The van der Waals surface area contributed by atoms with E-state index in [1.807, 2.05) is 42.5 Å². The molecule has 0 aliphatic carbocycles. The Morgan fingerprint density at radius 1 is 1.06 bits per heavy atom. The van der Waals surface area contributed by atoms with Gasteiger partial charge >= 0.3 is 0 Å². The molecule has 0 spiro atoms. The molecule has 5 nitrogen and oxygen atoms in total. The zero-order valence-electron chi connectivity index (χ0n) is 16.8. The molecule has 1 heterocycles. The summed E-state index contributed by atoms with van der Waals surface area (Å²) < 4.78 is 0.905. The molecule has 1 aliphatic heterocycles. The summed E-state index contributed by atoms with van der Waals surface area (Å²) in [5, 5.41) is 7.42. The van der Waals surface area contributed by atoms with E-state index in [1.54, 1.807) is 36.2 Å². The number of benzene rings is 3. The Hall–Kier alpha value is -2.45. The van der Waals surface area contributed by atoms with Gasteiger partial charge in [0.25, 0.3) is 5.91 Å². The Morgan fingerprint density at radius 3 is 2.59 bits per heavy atom. The van der Waals surface area contributed by atoms with Gasteiger partial charge in [0.1, 0.15) is 0 Å². The van der Waals surface area contributed by atoms with Gasteiger partial charge in [-0.25, -0.2) is 4.99 Å². The van der Waals surface area contributed by atoms with Gasteiger partial charge in [0, 0.05) is 38.4 Å². The standard InChI is InChI=1S/C23H17BrCl2N4OS/c1-30-19-10-9-14(25)12-17(19)20(16-7-2-3-8-18(16)26)28-21(22(30)31)29-23(32)27-15-6-4-5-13(24)11-15/h2-12,21H,1H3,(H2,27,29,32). The number of aliphatic imine (C=N–C) groups is 1. The average molecular weight is 548 g/mol. The highest BCUT2D eigenvalue weighted by atomic mass is 79.9. The van der Waals surface area contributed by atoms with Crippen LogP contribution >= 0.6 is 51.3 Å². The zero-order valence-corrected chi connectivity index (χ0v) is 20.7. The maximum atomic E-state index is 13.3. The van der Waals surface area contributed by atoms with Gasteiger partial charge < -0.3 is 15.5 Å². The Morgan fingerprint density at radius 2 is 1.84 bits per heavy atom. The van der Waals surface area contributed by atoms with E-state index in [-0.39, 0.29) is 11.0 Å². The number of nitrogens with zero attached hydrogens (tertiary/aromatic N) is 2. The van der Waals surface area contributed by atoms with Crippen molar-refractivity contribution < 1.29 is 4.79 Å². The van der Waals surface area contributed by atoms with Crippen molar-refractivity contribution in [1.82, 2.24) is 5.32 Å². The number of nitrogens with one attached hydrogen (secondary N) is 2. The third kappa shape index (κ3) is 4.81. The highest BCUT2D eigenvalue weighted by Gasteiger charge is 2.31. The van der Waals surface area contributed by atoms with Crippen LogP contribution in [0, 0.1) is 0 Å². The molecular weight excluding hydrogens is 531 g/mol. The topological polar surface area (TPSA) is 56.7 Å². The lowest BCUT2D eigenvalue weighted by Gasteiger charge is -2.22. The smallest absolute Gasteiger partial charge is 0.272 e. The molecule has 32 heavy (non-hydrogen) atoms. The molecular formula is C23H17BrCl2N4OS. The van der Waals surface area contributed by atoms with E-state index in [9.17, 15) is 4.79 Å². The fourth-order valence-electron chi connectivity index (χ4n) is 3.37. The third-order valence-electron chi connectivity index (χ3n) is 4.88. The second kappa shape index (κ2) is 9.58. The first-order chi connectivity index (χ1) is 15.3. The first-order valence-electron chi connectivity index (χ1n) is 9.57. The number of anilines is 2. The molecule has 1 amide bonds. The fourth-order valence-corrected chi connectivity index (χ4v) is 4.39. The van der Waals surface area contributed by atoms with Crippen LogP contribution < -0.4 is 15.5 Å². The second-order valence-electron chi connectivity index (χ2n) is 7.03. The van der Waals surface area contributed by atoms with Crippen molar-refractivity contribution in [2.75, 3.05) is 17.3 Å². The van der Waals surface area contributed by atoms with Crippen LogP contribution in [0.3, 0.4) is 0 Å². The maximum Gasteiger partial charge on any atom is 0.272 e. The molecule has 0 fully saturated rings. The summed E-state index contributed by atoms with van der Waals surface area (Å²) in [7, 11) is 1.69. The van der Waals surface area contributed by atoms with Gasteiger partial charge in [0.15, 0.2) is 5.11 Å². The van der Waals surface area contributed by atoms with Crippen LogP contribution in [-0.4, -0.2) is 29.9 Å². The summed E-state index contributed by atoms with van der Waals surface area (Å²) >= 11 is 21.7. The average Bonchev–Trinajstić information content (AvgIpc) is 2.84. The molecule has 1 aliphatic rings. The molecule has 0 saturated heterocycles. The highest BCUT2D eigenvalue weighted by molar-refractivity contribution is 9.10. The number of fused-ring (bicyclic) bond motifs is 1. The van der Waals surface area contributed by atoms with Crippen molar-refractivity contribution in [3.8, 4) is 0 Å². The largest absolute Gasteiger partial charge is 0.333 e. The second-order valence-corrected chi connectivity index (χ2v) is 9.20. The molecule has 3 aromatic rings. The molecule has 0 radical (unpaired) electrons. The predicted octanol–water partition coefficient (Wildman–Crippen LogP) is 5.88. The minimum absolute atomic E-state index is 0.265. The monoisotopic (exact) mass is 546 g/mol. The lowest BCUT2D eigenvalue weighted by atomic mass is 10.00. The van der Waals surface area contributed by atoms with Crippen LogP contribution in [0.1, 0.15) is 11.1 Å². The number of carbonyl (C=O) groups is 1. The van der Waals surface area contributed by atoms with Crippen LogP contribution in [0.5, 0.6) is 0 Å². The lowest BCUT2D eigenvalue weighted by Crippen LogP contribution is -2.47. The van der Waals surface area contributed by atoms with Crippen LogP contribution in [0.4, 0.5) is 11.4 Å². The molecule has 1 unspecified atom stereocenters. The van der Waals surface area contributed by atoms with Crippen molar-refractivity contribution in [1.29, 1.82) is 0 Å². The van der Waals surface area contributed by atoms with E-state index in [1.165, 1.54) is 0 Å². The summed E-state index contributed by atoms with van der Waals surface area (Å²) in [5.74, 6) is -0.269. The maximum absolute atomic E-state index is 13.3. The van der Waals surface area contributed by atoms with Crippen LogP contribution in [0.2, 0.25) is 10.0 Å². The number of hydrogen-bond acceptors (Lipinski definition) is 3. The number of amides is 1. The van der Waals surface area contributed by atoms with Crippen molar-refractivity contribution in [2.45, 2.75) is 6.17 Å². The fraction of sp³-hybridized carbons (Fsp3) is 0.0870. The van der Waals surface area contributed by atoms with Crippen LogP contribution in [0.25, 0.3) is 0 Å². The van der Waals surface area contributed by atoms with E-state index < -0.39 is 6.17 Å². The number of benzodiazepines with no additional fused rings is 1. The Labute approximate surface area is 209 Å². The van der Waals surface area contributed by atoms with Crippen molar-refractivity contribution in [3.63, 3.8) is 0 Å².